The number of carbonyl (C=O) groups excluding carboxylic acids is 2. The number of alkyl halides is 3. The Labute approximate surface area is 249 Å². The average Bonchev–Trinajstić information content (AvgIpc) is 2.95. The molecule has 7 nitrogen and oxygen atoms in total. The van der Waals surface area contributed by atoms with Crippen LogP contribution in [0.5, 0.6) is 0 Å². The Bertz CT molecular complexity index is 1480. The quantitative estimate of drug-likeness (QED) is 0.260. The number of benzene rings is 3. The maximum atomic E-state index is 14.0. The highest BCUT2D eigenvalue weighted by Gasteiger charge is 2.37. The van der Waals surface area contributed by atoms with Gasteiger partial charge >= 0.3 is 6.18 Å². The minimum Gasteiger partial charge on any atom is -0.354 e. The number of aryl methyl sites for hydroxylation is 1. The summed E-state index contributed by atoms with van der Waals surface area (Å²) in [6.07, 6.45) is -3.99. The third-order valence-corrected chi connectivity index (χ3v) is 8.68. The minimum absolute atomic E-state index is 0.0230. The van der Waals surface area contributed by atoms with Crippen LogP contribution in [0, 0.1) is 6.92 Å². The van der Waals surface area contributed by atoms with Crippen molar-refractivity contribution in [3.05, 3.63) is 94.5 Å². The molecule has 0 radical (unpaired) electrons. The normalized spacial score (nSPS) is 12.5. The van der Waals surface area contributed by atoms with E-state index in [1.807, 2.05) is 26.0 Å². The SMILES string of the molecule is CCCNC(=O)[C@@H](CC)N(Cc1ccc(C)cc1)C(=O)CN(c1ccc(Cl)c(C(F)(F)F)c1)S(=O)(=O)c1ccccc1. The van der Waals surface area contributed by atoms with E-state index >= 15 is 0 Å². The zero-order valence-corrected chi connectivity index (χ0v) is 25.1. The molecule has 0 bridgehead atoms. The lowest BCUT2D eigenvalue weighted by molar-refractivity contribution is -0.140. The molecule has 0 fully saturated rings. The molecule has 3 rings (SSSR count). The molecule has 0 unspecified atom stereocenters. The zero-order valence-electron chi connectivity index (χ0n) is 23.5. The van der Waals surface area contributed by atoms with E-state index in [4.69, 9.17) is 11.6 Å². The lowest BCUT2D eigenvalue weighted by Crippen LogP contribution is -2.52. The first-order chi connectivity index (χ1) is 19.8. The summed E-state index contributed by atoms with van der Waals surface area (Å²) in [5, 5.41) is 2.16. The Hall–Kier alpha value is -3.57. The van der Waals surface area contributed by atoms with Crippen molar-refractivity contribution in [2.75, 3.05) is 17.4 Å². The minimum atomic E-state index is -4.87. The van der Waals surface area contributed by atoms with Gasteiger partial charge in [0.2, 0.25) is 11.8 Å². The first-order valence-corrected chi connectivity index (χ1v) is 15.2. The van der Waals surface area contributed by atoms with Crippen molar-refractivity contribution in [2.24, 2.45) is 0 Å². The van der Waals surface area contributed by atoms with Crippen molar-refractivity contribution in [1.29, 1.82) is 0 Å². The van der Waals surface area contributed by atoms with E-state index in [2.05, 4.69) is 5.32 Å². The standard InChI is InChI=1S/C30H33ClF3N3O4S/c1-4-17-35-29(39)27(5-2)36(19-22-13-11-21(3)12-14-22)28(38)20-37(42(40,41)24-9-7-6-8-10-24)23-15-16-26(31)25(18-23)30(32,33)34/h6-16,18,27H,4-5,17,19-20H2,1-3H3,(H,35,39)/t27-/m1/s1. The third-order valence-electron chi connectivity index (χ3n) is 6.56. The molecule has 226 valence electrons. The molecular formula is C30H33ClF3N3O4S. The van der Waals surface area contributed by atoms with Gasteiger partial charge in [0.1, 0.15) is 12.6 Å². The Morgan fingerprint density at radius 1 is 0.976 bits per heavy atom. The van der Waals surface area contributed by atoms with Crippen molar-refractivity contribution in [1.82, 2.24) is 10.2 Å². The predicted molar refractivity (Wildman–Crippen MR) is 157 cm³/mol. The number of rotatable bonds is 12. The number of carbonyl (C=O) groups is 2. The Morgan fingerprint density at radius 3 is 2.19 bits per heavy atom. The molecule has 42 heavy (non-hydrogen) atoms. The van der Waals surface area contributed by atoms with Gasteiger partial charge in [-0.2, -0.15) is 13.2 Å². The monoisotopic (exact) mass is 623 g/mol. The molecule has 0 saturated heterocycles. The molecule has 1 atom stereocenters. The molecule has 1 N–H and O–H groups in total. The number of hydrogen-bond donors (Lipinski definition) is 1. The fourth-order valence-electron chi connectivity index (χ4n) is 4.31. The molecule has 0 aliphatic heterocycles. The summed E-state index contributed by atoms with van der Waals surface area (Å²) in [7, 11) is -4.53. The summed E-state index contributed by atoms with van der Waals surface area (Å²) in [6.45, 7) is 4.99. The average molecular weight is 624 g/mol. The smallest absolute Gasteiger partial charge is 0.354 e. The molecule has 0 spiro atoms. The van der Waals surface area contributed by atoms with Crippen molar-refractivity contribution in [3.8, 4) is 0 Å². The largest absolute Gasteiger partial charge is 0.417 e. The Balaban J connectivity index is 2.12. The number of halogens is 4. The van der Waals surface area contributed by atoms with Crippen LogP contribution >= 0.6 is 11.6 Å². The molecule has 0 heterocycles. The summed E-state index contributed by atoms with van der Waals surface area (Å²) < 4.78 is 69.5. The number of nitrogens with zero attached hydrogens (tertiary/aromatic N) is 2. The fraction of sp³-hybridized carbons (Fsp3) is 0.333. The van der Waals surface area contributed by atoms with Crippen LogP contribution in [0.25, 0.3) is 0 Å². The number of hydrogen-bond acceptors (Lipinski definition) is 4. The van der Waals surface area contributed by atoms with Gasteiger partial charge in [0.05, 0.1) is 21.2 Å². The Morgan fingerprint density at radius 2 is 1.62 bits per heavy atom. The second-order valence-electron chi connectivity index (χ2n) is 9.71. The second-order valence-corrected chi connectivity index (χ2v) is 12.0. The van der Waals surface area contributed by atoms with Crippen molar-refractivity contribution in [2.45, 2.75) is 57.3 Å². The van der Waals surface area contributed by atoms with Gasteiger partial charge in [-0.25, -0.2) is 8.42 Å². The number of anilines is 1. The first kappa shape index (κ1) is 32.9. The van der Waals surface area contributed by atoms with E-state index in [-0.39, 0.29) is 17.9 Å². The molecule has 2 amide bonds. The van der Waals surface area contributed by atoms with Gasteiger partial charge < -0.3 is 10.2 Å². The first-order valence-electron chi connectivity index (χ1n) is 13.4. The van der Waals surface area contributed by atoms with Crippen LogP contribution in [-0.4, -0.2) is 44.3 Å². The summed E-state index contributed by atoms with van der Waals surface area (Å²) in [4.78, 5) is 28.2. The third kappa shape index (κ3) is 8.04. The summed E-state index contributed by atoms with van der Waals surface area (Å²) in [5.74, 6) is -1.18. The van der Waals surface area contributed by atoms with Crippen LogP contribution in [0.1, 0.15) is 43.4 Å². The summed E-state index contributed by atoms with van der Waals surface area (Å²) in [6, 6.07) is 16.0. The van der Waals surface area contributed by atoms with Gasteiger partial charge in [-0.15, -0.1) is 0 Å². The fourth-order valence-corrected chi connectivity index (χ4v) is 5.96. The molecule has 0 aromatic heterocycles. The molecule has 3 aromatic rings. The van der Waals surface area contributed by atoms with Gasteiger partial charge in [-0.05, 0) is 55.7 Å². The highest BCUT2D eigenvalue weighted by molar-refractivity contribution is 7.92. The van der Waals surface area contributed by atoms with Crippen molar-refractivity contribution >= 4 is 39.1 Å². The number of nitrogens with one attached hydrogen (secondary N) is 1. The van der Waals surface area contributed by atoms with Gasteiger partial charge in [-0.3, -0.25) is 13.9 Å². The molecule has 0 aliphatic rings. The summed E-state index contributed by atoms with van der Waals surface area (Å²) in [5.41, 5.74) is 0.0265. The molecular weight excluding hydrogens is 591 g/mol. The lowest BCUT2D eigenvalue weighted by atomic mass is 10.1. The summed E-state index contributed by atoms with van der Waals surface area (Å²) >= 11 is 5.80. The highest BCUT2D eigenvalue weighted by Crippen LogP contribution is 2.38. The van der Waals surface area contributed by atoms with Crippen LogP contribution in [0.2, 0.25) is 5.02 Å². The van der Waals surface area contributed by atoms with Crippen LogP contribution in [-0.2, 0) is 32.3 Å². The number of amides is 2. The molecule has 12 heteroatoms. The van der Waals surface area contributed by atoms with Gasteiger partial charge in [-0.1, -0.05) is 73.5 Å². The highest BCUT2D eigenvalue weighted by atomic mass is 35.5. The van der Waals surface area contributed by atoms with E-state index < -0.39 is 56.9 Å². The van der Waals surface area contributed by atoms with Crippen LogP contribution in [0.3, 0.4) is 0 Å². The van der Waals surface area contributed by atoms with Crippen LogP contribution in [0.15, 0.2) is 77.7 Å². The predicted octanol–water partition coefficient (Wildman–Crippen LogP) is 6.20. The van der Waals surface area contributed by atoms with Gasteiger partial charge in [0.25, 0.3) is 10.0 Å². The topological polar surface area (TPSA) is 86.8 Å². The molecule has 0 saturated carbocycles. The van der Waals surface area contributed by atoms with Gasteiger partial charge in [0, 0.05) is 13.1 Å². The van der Waals surface area contributed by atoms with E-state index in [1.54, 1.807) is 25.1 Å². The van der Waals surface area contributed by atoms with E-state index in [1.165, 1.54) is 29.2 Å². The van der Waals surface area contributed by atoms with Gasteiger partial charge in [0.15, 0.2) is 0 Å². The maximum absolute atomic E-state index is 14.0. The molecule has 3 aromatic carbocycles. The Kier molecular flexibility index (Phi) is 11.0. The number of sulfonamides is 1. The van der Waals surface area contributed by atoms with Crippen molar-refractivity contribution < 1.29 is 31.2 Å². The maximum Gasteiger partial charge on any atom is 0.417 e. The van der Waals surface area contributed by atoms with Crippen molar-refractivity contribution in [3.63, 3.8) is 0 Å². The van der Waals surface area contributed by atoms with E-state index in [9.17, 15) is 31.2 Å². The lowest BCUT2D eigenvalue weighted by Gasteiger charge is -2.33. The van der Waals surface area contributed by atoms with Crippen LogP contribution in [0.4, 0.5) is 18.9 Å². The molecule has 0 aliphatic carbocycles. The second kappa shape index (κ2) is 14.1. The zero-order chi connectivity index (χ0) is 31.1. The van der Waals surface area contributed by atoms with E-state index in [0.29, 0.717) is 28.9 Å². The van der Waals surface area contributed by atoms with Crippen LogP contribution < -0.4 is 9.62 Å². The van der Waals surface area contributed by atoms with E-state index in [0.717, 1.165) is 17.7 Å².